The first-order valence-electron chi connectivity index (χ1n) is 12.9. The minimum Gasteiger partial charge on any atom is -0.480 e. The molecule has 1 aromatic heterocycles. The molecule has 4 aromatic carbocycles. The lowest BCUT2D eigenvalue weighted by Crippen LogP contribution is -2.51. The number of anilines is 1. The molecule has 0 saturated heterocycles. The number of nitrogens with one attached hydrogen (secondary N) is 2. The van der Waals surface area contributed by atoms with Crippen molar-refractivity contribution in [2.75, 3.05) is 5.32 Å². The highest BCUT2D eigenvalue weighted by Crippen LogP contribution is 2.19. The summed E-state index contributed by atoms with van der Waals surface area (Å²) < 4.78 is 1.96. The molecular weight excluding hydrogens is 488 g/mol. The Morgan fingerprint density at radius 2 is 1.44 bits per heavy atom. The Bertz CT molecular complexity index is 1550. The summed E-state index contributed by atoms with van der Waals surface area (Å²) in [5, 5.41) is 18.2. The molecule has 2 atom stereocenters. The van der Waals surface area contributed by atoms with Gasteiger partial charge in [0, 0.05) is 24.8 Å². The van der Waals surface area contributed by atoms with Gasteiger partial charge in [0.25, 0.3) is 0 Å². The topological polar surface area (TPSA) is 96.3 Å². The van der Waals surface area contributed by atoms with Crippen LogP contribution in [0.1, 0.15) is 16.8 Å². The van der Waals surface area contributed by atoms with E-state index >= 15 is 0 Å². The van der Waals surface area contributed by atoms with Crippen LogP contribution in [0.4, 0.5) is 5.69 Å². The van der Waals surface area contributed by atoms with E-state index in [1.54, 1.807) is 6.33 Å². The summed E-state index contributed by atoms with van der Waals surface area (Å²) in [5.41, 5.74) is 3.35. The largest absolute Gasteiger partial charge is 0.480 e. The molecule has 3 N–H and O–H groups in total. The fraction of sp³-hybridized carbons (Fsp3) is 0.156. The van der Waals surface area contributed by atoms with E-state index in [0.717, 1.165) is 21.9 Å². The first kappa shape index (κ1) is 25.9. The van der Waals surface area contributed by atoms with Crippen molar-refractivity contribution in [2.45, 2.75) is 31.5 Å². The number of aliphatic carboxylic acids is 1. The van der Waals surface area contributed by atoms with Crippen LogP contribution in [-0.2, 0) is 29.0 Å². The summed E-state index contributed by atoms with van der Waals surface area (Å²) in [7, 11) is 0. The van der Waals surface area contributed by atoms with Crippen molar-refractivity contribution in [2.24, 2.45) is 0 Å². The fourth-order valence-corrected chi connectivity index (χ4v) is 4.64. The molecule has 39 heavy (non-hydrogen) atoms. The number of rotatable bonds is 11. The molecule has 5 rings (SSSR count). The molecule has 0 aliphatic rings. The average Bonchev–Trinajstić information content (AvgIpc) is 3.39. The number of fused-ring (bicyclic) bond motifs is 1. The second-order valence-electron chi connectivity index (χ2n) is 9.58. The SMILES string of the molecule is O=C(Nc1ccc2ccccc2c1)C(Cc1cn(Cc2ccccc2)cn1)N[C@@H](Cc1ccccc1)C(=O)O. The van der Waals surface area contributed by atoms with Gasteiger partial charge in [-0.2, -0.15) is 0 Å². The number of hydrogen-bond donors (Lipinski definition) is 3. The Kier molecular flexibility index (Phi) is 8.09. The van der Waals surface area contributed by atoms with Crippen molar-refractivity contribution >= 4 is 28.3 Å². The summed E-state index contributed by atoms with van der Waals surface area (Å²) >= 11 is 0. The zero-order valence-corrected chi connectivity index (χ0v) is 21.4. The van der Waals surface area contributed by atoms with Gasteiger partial charge in [0.15, 0.2) is 0 Å². The number of carbonyl (C=O) groups is 2. The third kappa shape index (κ3) is 6.97. The van der Waals surface area contributed by atoms with Crippen molar-refractivity contribution in [3.8, 4) is 0 Å². The first-order chi connectivity index (χ1) is 19.0. The lowest BCUT2D eigenvalue weighted by Gasteiger charge is -2.23. The Labute approximate surface area is 227 Å². The smallest absolute Gasteiger partial charge is 0.321 e. The van der Waals surface area contributed by atoms with E-state index in [-0.39, 0.29) is 18.7 Å². The van der Waals surface area contributed by atoms with Gasteiger partial charge in [-0.15, -0.1) is 0 Å². The maximum atomic E-state index is 13.6. The summed E-state index contributed by atoms with van der Waals surface area (Å²) in [4.78, 5) is 30.3. The van der Waals surface area contributed by atoms with E-state index in [9.17, 15) is 14.7 Å². The van der Waals surface area contributed by atoms with Crippen LogP contribution in [0.15, 0.2) is 116 Å². The first-order valence-corrected chi connectivity index (χ1v) is 12.9. The minimum atomic E-state index is -1.02. The lowest BCUT2D eigenvalue weighted by molar-refractivity contribution is -0.139. The van der Waals surface area contributed by atoms with E-state index < -0.39 is 18.1 Å². The van der Waals surface area contributed by atoms with Gasteiger partial charge in [-0.3, -0.25) is 14.9 Å². The monoisotopic (exact) mass is 518 g/mol. The second kappa shape index (κ2) is 12.2. The number of aromatic nitrogens is 2. The lowest BCUT2D eigenvalue weighted by atomic mass is 10.0. The number of carboxylic acids is 1. The number of amides is 1. The maximum Gasteiger partial charge on any atom is 0.321 e. The molecule has 7 nitrogen and oxygen atoms in total. The Hall–Kier alpha value is -4.75. The van der Waals surface area contributed by atoms with Gasteiger partial charge < -0.3 is 15.0 Å². The van der Waals surface area contributed by atoms with Crippen LogP contribution in [0.25, 0.3) is 10.8 Å². The van der Waals surface area contributed by atoms with E-state index in [1.807, 2.05) is 114 Å². The van der Waals surface area contributed by atoms with Crippen LogP contribution >= 0.6 is 0 Å². The number of carboxylic acid groups (broad SMARTS) is 1. The van der Waals surface area contributed by atoms with Gasteiger partial charge in [0.05, 0.1) is 18.1 Å². The fourth-order valence-electron chi connectivity index (χ4n) is 4.64. The Balaban J connectivity index is 1.36. The molecule has 0 saturated carbocycles. The minimum absolute atomic E-state index is 0.236. The molecular formula is C32H30N4O3. The van der Waals surface area contributed by atoms with Crippen molar-refractivity contribution in [1.82, 2.24) is 14.9 Å². The van der Waals surface area contributed by atoms with Crippen LogP contribution < -0.4 is 10.6 Å². The van der Waals surface area contributed by atoms with Gasteiger partial charge in [-0.1, -0.05) is 91.0 Å². The molecule has 1 amide bonds. The van der Waals surface area contributed by atoms with Gasteiger partial charge >= 0.3 is 5.97 Å². The standard InChI is InChI=1S/C32H30N4O3/c37-31(34-27-16-15-25-13-7-8-14-26(25)18-27)29(35-30(32(38)39)17-23-9-3-1-4-10-23)19-28-21-36(22-33-28)20-24-11-5-2-6-12-24/h1-16,18,21-22,29-30,35H,17,19-20H2,(H,34,37)(H,38,39)/t29?,30-/m0/s1. The molecule has 5 aromatic rings. The van der Waals surface area contributed by atoms with Gasteiger partial charge in [-0.05, 0) is 40.5 Å². The number of nitrogens with zero attached hydrogens (tertiary/aromatic N) is 2. The van der Waals surface area contributed by atoms with E-state index in [2.05, 4.69) is 15.6 Å². The predicted molar refractivity (Wildman–Crippen MR) is 153 cm³/mol. The molecule has 1 heterocycles. The van der Waals surface area contributed by atoms with Gasteiger partial charge in [0.2, 0.25) is 5.91 Å². The average molecular weight is 519 g/mol. The maximum absolute atomic E-state index is 13.6. The van der Waals surface area contributed by atoms with Crippen LogP contribution in [0.2, 0.25) is 0 Å². The number of imidazole rings is 1. The Morgan fingerprint density at radius 3 is 2.15 bits per heavy atom. The van der Waals surface area contributed by atoms with E-state index in [1.165, 1.54) is 0 Å². The molecule has 0 aliphatic heterocycles. The molecule has 0 spiro atoms. The molecule has 0 aliphatic carbocycles. The third-order valence-electron chi connectivity index (χ3n) is 6.62. The number of carbonyl (C=O) groups excluding carboxylic acids is 1. The number of hydrogen-bond acceptors (Lipinski definition) is 4. The second-order valence-corrected chi connectivity index (χ2v) is 9.58. The highest BCUT2D eigenvalue weighted by molar-refractivity contribution is 5.97. The molecule has 7 heteroatoms. The van der Waals surface area contributed by atoms with Crippen molar-refractivity contribution in [1.29, 1.82) is 0 Å². The molecule has 196 valence electrons. The van der Waals surface area contributed by atoms with Crippen LogP contribution in [0.5, 0.6) is 0 Å². The van der Waals surface area contributed by atoms with Crippen LogP contribution in [0.3, 0.4) is 0 Å². The highest BCUT2D eigenvalue weighted by atomic mass is 16.4. The number of benzene rings is 4. The van der Waals surface area contributed by atoms with Gasteiger partial charge in [0.1, 0.15) is 6.04 Å². The van der Waals surface area contributed by atoms with E-state index in [0.29, 0.717) is 17.9 Å². The third-order valence-corrected chi connectivity index (χ3v) is 6.62. The van der Waals surface area contributed by atoms with Crippen molar-refractivity contribution in [3.63, 3.8) is 0 Å². The van der Waals surface area contributed by atoms with Crippen LogP contribution in [-0.4, -0.2) is 38.6 Å². The molecule has 0 bridgehead atoms. The molecule has 0 radical (unpaired) electrons. The molecule has 1 unspecified atom stereocenters. The molecule has 0 fully saturated rings. The highest BCUT2D eigenvalue weighted by Gasteiger charge is 2.27. The normalized spacial score (nSPS) is 12.6. The quantitative estimate of drug-likeness (QED) is 0.231. The van der Waals surface area contributed by atoms with Gasteiger partial charge in [-0.25, -0.2) is 4.98 Å². The zero-order chi connectivity index (χ0) is 27.0. The Morgan fingerprint density at radius 1 is 0.769 bits per heavy atom. The predicted octanol–water partition coefficient (Wildman–Crippen LogP) is 4.92. The van der Waals surface area contributed by atoms with Crippen LogP contribution in [0, 0.1) is 0 Å². The zero-order valence-electron chi connectivity index (χ0n) is 21.4. The van der Waals surface area contributed by atoms with Crippen molar-refractivity contribution < 1.29 is 14.7 Å². The summed E-state index contributed by atoms with van der Waals surface area (Å²) in [5.74, 6) is -1.33. The summed E-state index contributed by atoms with van der Waals surface area (Å²) in [6.07, 6.45) is 4.12. The summed E-state index contributed by atoms with van der Waals surface area (Å²) in [6.45, 7) is 0.654. The van der Waals surface area contributed by atoms with Crippen molar-refractivity contribution in [3.05, 3.63) is 132 Å². The summed E-state index contributed by atoms with van der Waals surface area (Å²) in [6, 6.07) is 31.3. The van der Waals surface area contributed by atoms with E-state index in [4.69, 9.17) is 0 Å².